The SMILES string of the molecule is CCc1cc(Cl)cc(C)c1C#N. The number of hydrogen-bond acceptors (Lipinski definition) is 1. The largest absolute Gasteiger partial charge is 0.192 e. The van der Waals surface area contributed by atoms with Gasteiger partial charge in [-0.25, -0.2) is 0 Å². The summed E-state index contributed by atoms with van der Waals surface area (Å²) < 4.78 is 0. The molecule has 0 atom stereocenters. The topological polar surface area (TPSA) is 23.8 Å². The first-order chi connectivity index (χ1) is 5.69. The molecule has 12 heavy (non-hydrogen) atoms. The van der Waals surface area contributed by atoms with E-state index in [2.05, 4.69) is 6.07 Å². The number of nitriles is 1. The molecule has 0 spiro atoms. The van der Waals surface area contributed by atoms with E-state index in [9.17, 15) is 0 Å². The minimum Gasteiger partial charge on any atom is -0.192 e. The average molecular weight is 180 g/mol. The molecule has 0 saturated carbocycles. The Kier molecular flexibility index (Phi) is 2.73. The molecule has 1 rings (SSSR count). The summed E-state index contributed by atoms with van der Waals surface area (Å²) in [4.78, 5) is 0. The Labute approximate surface area is 77.6 Å². The van der Waals surface area contributed by atoms with Crippen LogP contribution in [0.15, 0.2) is 12.1 Å². The maximum atomic E-state index is 8.83. The van der Waals surface area contributed by atoms with Gasteiger partial charge in [0.2, 0.25) is 0 Å². The van der Waals surface area contributed by atoms with Crippen LogP contribution in [0, 0.1) is 18.3 Å². The van der Waals surface area contributed by atoms with Crippen LogP contribution in [0.4, 0.5) is 0 Å². The fourth-order valence-corrected chi connectivity index (χ4v) is 1.55. The van der Waals surface area contributed by atoms with Crippen molar-refractivity contribution in [2.45, 2.75) is 20.3 Å². The summed E-state index contributed by atoms with van der Waals surface area (Å²) in [6.45, 7) is 3.93. The summed E-state index contributed by atoms with van der Waals surface area (Å²) >= 11 is 5.85. The van der Waals surface area contributed by atoms with Crippen LogP contribution in [0.5, 0.6) is 0 Å². The Morgan fingerprint density at radius 1 is 1.50 bits per heavy atom. The molecule has 0 fully saturated rings. The van der Waals surface area contributed by atoms with E-state index in [0.29, 0.717) is 5.02 Å². The van der Waals surface area contributed by atoms with Crippen molar-refractivity contribution < 1.29 is 0 Å². The third-order valence-corrected chi connectivity index (χ3v) is 2.09. The molecule has 0 aliphatic rings. The smallest absolute Gasteiger partial charge is 0.0997 e. The molecule has 0 unspecified atom stereocenters. The summed E-state index contributed by atoms with van der Waals surface area (Å²) in [5, 5.41) is 9.54. The highest BCUT2D eigenvalue weighted by Gasteiger charge is 2.04. The van der Waals surface area contributed by atoms with Gasteiger partial charge in [0.1, 0.15) is 0 Å². The molecule has 2 heteroatoms. The first-order valence-electron chi connectivity index (χ1n) is 3.88. The van der Waals surface area contributed by atoms with Gasteiger partial charge in [0, 0.05) is 5.02 Å². The van der Waals surface area contributed by atoms with Crippen molar-refractivity contribution in [3.63, 3.8) is 0 Å². The predicted molar refractivity (Wildman–Crippen MR) is 50.3 cm³/mol. The summed E-state index contributed by atoms with van der Waals surface area (Å²) in [5.74, 6) is 0. The molecule has 0 N–H and O–H groups in total. The van der Waals surface area contributed by atoms with Crippen molar-refractivity contribution in [2.24, 2.45) is 0 Å². The molecule has 0 aliphatic carbocycles. The number of nitrogens with zero attached hydrogens (tertiary/aromatic N) is 1. The molecule has 1 aromatic rings. The van der Waals surface area contributed by atoms with E-state index in [1.165, 1.54) is 0 Å². The molecule has 0 bridgehead atoms. The van der Waals surface area contributed by atoms with E-state index in [4.69, 9.17) is 16.9 Å². The van der Waals surface area contributed by atoms with Gasteiger partial charge in [0.25, 0.3) is 0 Å². The Morgan fingerprint density at radius 3 is 2.67 bits per heavy atom. The Bertz CT molecular complexity index is 336. The van der Waals surface area contributed by atoms with Gasteiger partial charge in [-0.1, -0.05) is 18.5 Å². The Balaban J connectivity index is 3.36. The van der Waals surface area contributed by atoms with Crippen LogP contribution in [0.25, 0.3) is 0 Å². The maximum Gasteiger partial charge on any atom is 0.0997 e. The summed E-state index contributed by atoms with van der Waals surface area (Å²) in [6.07, 6.45) is 0.851. The fourth-order valence-electron chi connectivity index (χ4n) is 1.25. The average Bonchev–Trinajstić information content (AvgIpc) is 2.03. The Hall–Kier alpha value is -1.00. The van der Waals surface area contributed by atoms with E-state index < -0.39 is 0 Å². The van der Waals surface area contributed by atoms with Crippen LogP contribution in [0.2, 0.25) is 5.02 Å². The standard InChI is InChI=1S/C10H10ClN/c1-3-8-5-9(11)4-7(2)10(8)6-12/h4-5H,3H2,1-2H3. The second kappa shape index (κ2) is 3.60. The molecule has 0 aliphatic heterocycles. The molecule has 0 heterocycles. The number of rotatable bonds is 1. The van der Waals surface area contributed by atoms with E-state index in [1.807, 2.05) is 26.0 Å². The highest BCUT2D eigenvalue weighted by atomic mass is 35.5. The van der Waals surface area contributed by atoms with Gasteiger partial charge in [0.15, 0.2) is 0 Å². The van der Waals surface area contributed by atoms with Crippen molar-refractivity contribution in [1.29, 1.82) is 5.26 Å². The van der Waals surface area contributed by atoms with Crippen LogP contribution in [-0.2, 0) is 6.42 Å². The van der Waals surface area contributed by atoms with Crippen molar-refractivity contribution in [3.05, 3.63) is 33.8 Å². The lowest BCUT2D eigenvalue weighted by Gasteiger charge is -2.04. The molecule has 62 valence electrons. The number of hydrogen-bond donors (Lipinski definition) is 0. The predicted octanol–water partition coefficient (Wildman–Crippen LogP) is 3.08. The van der Waals surface area contributed by atoms with Crippen molar-refractivity contribution in [2.75, 3.05) is 0 Å². The van der Waals surface area contributed by atoms with Crippen LogP contribution in [0.3, 0.4) is 0 Å². The van der Waals surface area contributed by atoms with Crippen LogP contribution in [-0.4, -0.2) is 0 Å². The molecular formula is C10H10ClN. The van der Waals surface area contributed by atoms with E-state index in [1.54, 1.807) is 0 Å². The quantitative estimate of drug-likeness (QED) is 0.650. The lowest BCUT2D eigenvalue weighted by Crippen LogP contribution is -1.91. The lowest BCUT2D eigenvalue weighted by atomic mass is 10.0. The fraction of sp³-hybridized carbons (Fsp3) is 0.300. The second-order valence-corrected chi connectivity index (χ2v) is 3.16. The van der Waals surface area contributed by atoms with Gasteiger partial charge in [0.05, 0.1) is 11.6 Å². The molecular weight excluding hydrogens is 170 g/mol. The zero-order chi connectivity index (χ0) is 9.14. The lowest BCUT2D eigenvalue weighted by molar-refractivity contribution is 1.12. The second-order valence-electron chi connectivity index (χ2n) is 2.72. The zero-order valence-electron chi connectivity index (χ0n) is 7.19. The third kappa shape index (κ3) is 1.60. The number of halogens is 1. The van der Waals surface area contributed by atoms with Gasteiger partial charge < -0.3 is 0 Å². The van der Waals surface area contributed by atoms with Crippen molar-refractivity contribution in [1.82, 2.24) is 0 Å². The summed E-state index contributed by atoms with van der Waals surface area (Å²) in [7, 11) is 0. The molecule has 1 aromatic carbocycles. The first kappa shape index (κ1) is 9.09. The highest BCUT2D eigenvalue weighted by molar-refractivity contribution is 6.30. The highest BCUT2D eigenvalue weighted by Crippen LogP contribution is 2.20. The normalized spacial score (nSPS) is 9.50. The summed E-state index contributed by atoms with van der Waals surface area (Å²) in [5.41, 5.74) is 2.76. The van der Waals surface area contributed by atoms with E-state index in [-0.39, 0.29) is 0 Å². The minimum atomic E-state index is 0.711. The number of benzene rings is 1. The molecule has 0 aromatic heterocycles. The first-order valence-corrected chi connectivity index (χ1v) is 4.26. The van der Waals surface area contributed by atoms with Crippen molar-refractivity contribution >= 4 is 11.6 Å². The van der Waals surface area contributed by atoms with Crippen molar-refractivity contribution in [3.8, 4) is 6.07 Å². The summed E-state index contributed by atoms with van der Waals surface area (Å²) in [6, 6.07) is 5.86. The van der Waals surface area contributed by atoms with Crippen LogP contribution in [0.1, 0.15) is 23.6 Å². The molecule has 0 amide bonds. The third-order valence-electron chi connectivity index (χ3n) is 1.87. The number of aryl methyl sites for hydroxylation is 2. The van der Waals surface area contributed by atoms with Crippen LogP contribution >= 0.6 is 11.6 Å². The monoisotopic (exact) mass is 179 g/mol. The van der Waals surface area contributed by atoms with Crippen LogP contribution < -0.4 is 0 Å². The van der Waals surface area contributed by atoms with E-state index in [0.717, 1.165) is 23.1 Å². The Morgan fingerprint density at radius 2 is 2.17 bits per heavy atom. The minimum absolute atomic E-state index is 0.711. The van der Waals surface area contributed by atoms with Gasteiger partial charge >= 0.3 is 0 Å². The molecule has 1 nitrogen and oxygen atoms in total. The maximum absolute atomic E-state index is 8.83. The van der Waals surface area contributed by atoms with Gasteiger partial charge in [-0.15, -0.1) is 0 Å². The van der Waals surface area contributed by atoms with Gasteiger partial charge in [-0.3, -0.25) is 0 Å². The van der Waals surface area contributed by atoms with Gasteiger partial charge in [-0.05, 0) is 36.6 Å². The molecule has 0 radical (unpaired) electrons. The zero-order valence-corrected chi connectivity index (χ0v) is 7.94. The van der Waals surface area contributed by atoms with E-state index >= 15 is 0 Å². The van der Waals surface area contributed by atoms with Gasteiger partial charge in [-0.2, -0.15) is 5.26 Å². The molecule has 0 saturated heterocycles.